The van der Waals surface area contributed by atoms with E-state index in [1.807, 2.05) is 6.07 Å². The zero-order chi connectivity index (χ0) is 22.7. The number of nitriles is 1. The number of likely N-dealkylation sites (tertiary alicyclic amines) is 1. The van der Waals surface area contributed by atoms with Crippen molar-refractivity contribution in [3.63, 3.8) is 0 Å². The molecule has 8 heteroatoms. The first-order valence-electron chi connectivity index (χ1n) is 11.4. The van der Waals surface area contributed by atoms with Gasteiger partial charge in [-0.05, 0) is 43.2 Å². The molecule has 2 aliphatic rings. The van der Waals surface area contributed by atoms with Crippen molar-refractivity contribution in [1.82, 2.24) is 14.9 Å². The van der Waals surface area contributed by atoms with E-state index in [1.54, 1.807) is 0 Å². The zero-order valence-corrected chi connectivity index (χ0v) is 18.7. The van der Waals surface area contributed by atoms with Crippen LogP contribution in [0, 0.1) is 34.8 Å². The molecule has 0 amide bonds. The van der Waals surface area contributed by atoms with Crippen LogP contribution in [0.5, 0.6) is 0 Å². The molecule has 0 saturated carbocycles. The summed E-state index contributed by atoms with van der Waals surface area (Å²) in [7, 11) is 0. The van der Waals surface area contributed by atoms with Crippen molar-refractivity contribution in [3.8, 4) is 6.07 Å². The van der Waals surface area contributed by atoms with Crippen molar-refractivity contribution in [2.45, 2.75) is 45.7 Å². The molecule has 0 aliphatic carbocycles. The second kappa shape index (κ2) is 9.78. The highest BCUT2D eigenvalue weighted by Gasteiger charge is 2.30. The molecule has 0 radical (unpaired) electrons. The quantitative estimate of drug-likeness (QED) is 0.752. The average Bonchev–Trinajstić information content (AvgIpc) is 2.78. The first-order valence-corrected chi connectivity index (χ1v) is 11.4. The molecule has 2 atom stereocenters. The van der Waals surface area contributed by atoms with Crippen LogP contribution in [-0.4, -0.2) is 47.1 Å². The van der Waals surface area contributed by atoms with E-state index >= 15 is 0 Å². The minimum absolute atomic E-state index is 0.0812. The molecular formula is C24H30F2N6. The van der Waals surface area contributed by atoms with Crippen LogP contribution in [0.1, 0.15) is 44.2 Å². The number of anilines is 2. The number of nitrogens with one attached hydrogen (secondary N) is 1. The molecule has 0 bridgehead atoms. The van der Waals surface area contributed by atoms with Crippen LogP contribution in [0.3, 0.4) is 0 Å². The Morgan fingerprint density at radius 3 is 2.41 bits per heavy atom. The first-order chi connectivity index (χ1) is 15.4. The van der Waals surface area contributed by atoms with E-state index in [4.69, 9.17) is 0 Å². The van der Waals surface area contributed by atoms with E-state index in [0.717, 1.165) is 37.8 Å². The summed E-state index contributed by atoms with van der Waals surface area (Å²) in [4.78, 5) is 13.7. The Balaban J connectivity index is 1.42. The van der Waals surface area contributed by atoms with Crippen molar-refractivity contribution in [3.05, 3.63) is 47.2 Å². The summed E-state index contributed by atoms with van der Waals surface area (Å²) in [6.07, 6.45) is 4.88. The third-order valence-corrected chi connectivity index (χ3v) is 6.55. The van der Waals surface area contributed by atoms with Crippen LogP contribution in [0.4, 0.5) is 20.5 Å². The molecule has 2 fully saturated rings. The van der Waals surface area contributed by atoms with Gasteiger partial charge in [0.1, 0.15) is 29.1 Å². The Morgan fingerprint density at radius 2 is 1.78 bits per heavy atom. The van der Waals surface area contributed by atoms with E-state index in [-0.39, 0.29) is 17.7 Å². The number of hydrogen-bond donors (Lipinski definition) is 1. The van der Waals surface area contributed by atoms with Crippen molar-refractivity contribution >= 4 is 11.8 Å². The summed E-state index contributed by atoms with van der Waals surface area (Å²) in [5.74, 6) is 1.06. The Labute approximate surface area is 188 Å². The maximum Gasteiger partial charge on any atom is 0.227 e. The van der Waals surface area contributed by atoms with Crippen LogP contribution in [0.15, 0.2) is 24.4 Å². The van der Waals surface area contributed by atoms with E-state index in [2.05, 4.69) is 38.9 Å². The minimum Gasteiger partial charge on any atom is -0.365 e. The number of halogens is 2. The van der Waals surface area contributed by atoms with Gasteiger partial charge in [-0.15, -0.1) is 0 Å². The lowest BCUT2D eigenvalue weighted by molar-refractivity contribution is 0.0824. The first kappa shape index (κ1) is 22.4. The molecule has 4 rings (SSSR count). The molecule has 0 spiro atoms. The standard InChI is InChI=1S/C24H30F2N6/c1-16-10-17(2)15-32(14-16)19-6-8-31(9-7-19)24-29-12-18(11-27)23(30-24)28-13-20-21(25)4-3-5-22(20)26/h3-5,12,16-17,19H,6-10,13-15H2,1-2H3,(H,28,29,30). The van der Waals surface area contributed by atoms with Gasteiger partial charge in [-0.3, -0.25) is 4.90 Å². The van der Waals surface area contributed by atoms with Gasteiger partial charge in [-0.1, -0.05) is 19.9 Å². The smallest absolute Gasteiger partial charge is 0.227 e. The van der Waals surface area contributed by atoms with E-state index in [9.17, 15) is 14.0 Å². The van der Waals surface area contributed by atoms with E-state index in [0.29, 0.717) is 17.8 Å². The maximum absolute atomic E-state index is 14.0. The van der Waals surface area contributed by atoms with Crippen LogP contribution < -0.4 is 10.2 Å². The van der Waals surface area contributed by atoms with Gasteiger partial charge in [-0.2, -0.15) is 10.2 Å². The number of aromatic nitrogens is 2. The molecule has 6 nitrogen and oxygen atoms in total. The van der Waals surface area contributed by atoms with Gasteiger partial charge in [0.05, 0.1) is 6.20 Å². The second-order valence-electron chi connectivity index (χ2n) is 9.22. The molecule has 1 aromatic heterocycles. The predicted molar refractivity (Wildman–Crippen MR) is 120 cm³/mol. The second-order valence-corrected chi connectivity index (χ2v) is 9.22. The van der Waals surface area contributed by atoms with Gasteiger partial charge in [0.25, 0.3) is 0 Å². The topological polar surface area (TPSA) is 68.1 Å². The van der Waals surface area contributed by atoms with Gasteiger partial charge in [0.15, 0.2) is 0 Å². The Bertz CT molecular complexity index is 953. The van der Waals surface area contributed by atoms with Crippen molar-refractivity contribution in [2.24, 2.45) is 11.8 Å². The van der Waals surface area contributed by atoms with Crippen LogP contribution in [-0.2, 0) is 6.54 Å². The average molecular weight is 441 g/mol. The highest BCUT2D eigenvalue weighted by molar-refractivity contribution is 5.54. The lowest BCUT2D eigenvalue weighted by atomic mass is 9.89. The highest BCUT2D eigenvalue weighted by Crippen LogP contribution is 2.28. The molecule has 1 N–H and O–H groups in total. The van der Waals surface area contributed by atoms with Crippen molar-refractivity contribution < 1.29 is 8.78 Å². The van der Waals surface area contributed by atoms with Crippen LogP contribution in [0.2, 0.25) is 0 Å². The van der Waals surface area contributed by atoms with Gasteiger partial charge in [0.2, 0.25) is 5.95 Å². The number of nitrogens with zero attached hydrogens (tertiary/aromatic N) is 5. The van der Waals surface area contributed by atoms with Crippen molar-refractivity contribution in [2.75, 3.05) is 36.4 Å². The molecule has 2 aliphatic heterocycles. The number of rotatable bonds is 5. The van der Waals surface area contributed by atoms with Gasteiger partial charge in [-0.25, -0.2) is 13.8 Å². The Hall–Kier alpha value is -2.79. The SMILES string of the molecule is CC1CC(C)CN(C2CCN(c3ncc(C#N)c(NCc4c(F)cccc4F)n3)CC2)C1. The fourth-order valence-corrected chi connectivity index (χ4v) is 5.06. The summed E-state index contributed by atoms with van der Waals surface area (Å²) < 4.78 is 27.9. The van der Waals surface area contributed by atoms with Crippen LogP contribution >= 0.6 is 0 Å². The predicted octanol–water partition coefficient (Wildman–Crippen LogP) is 4.19. The third kappa shape index (κ3) is 4.99. The lowest BCUT2D eigenvalue weighted by Crippen LogP contribution is -2.50. The largest absolute Gasteiger partial charge is 0.365 e. The Kier molecular flexibility index (Phi) is 6.85. The molecule has 170 valence electrons. The zero-order valence-electron chi connectivity index (χ0n) is 18.7. The molecule has 2 saturated heterocycles. The Morgan fingerprint density at radius 1 is 1.12 bits per heavy atom. The molecule has 32 heavy (non-hydrogen) atoms. The lowest BCUT2D eigenvalue weighted by Gasteiger charge is -2.43. The summed E-state index contributed by atoms with van der Waals surface area (Å²) in [5, 5.41) is 12.3. The summed E-state index contributed by atoms with van der Waals surface area (Å²) in [6.45, 7) is 8.60. The fourth-order valence-electron chi connectivity index (χ4n) is 5.06. The van der Waals surface area contributed by atoms with Gasteiger partial charge >= 0.3 is 0 Å². The third-order valence-electron chi connectivity index (χ3n) is 6.55. The van der Waals surface area contributed by atoms with Crippen molar-refractivity contribution in [1.29, 1.82) is 5.26 Å². The number of benzene rings is 1. The minimum atomic E-state index is -0.631. The van der Waals surface area contributed by atoms with E-state index < -0.39 is 11.6 Å². The molecule has 3 heterocycles. The summed E-state index contributed by atoms with van der Waals surface area (Å²) in [6, 6.07) is 6.38. The summed E-state index contributed by atoms with van der Waals surface area (Å²) >= 11 is 0. The highest BCUT2D eigenvalue weighted by atomic mass is 19.1. The normalized spacial score (nSPS) is 22.5. The van der Waals surface area contributed by atoms with Gasteiger partial charge in [0, 0.05) is 44.3 Å². The molecular weight excluding hydrogens is 410 g/mol. The van der Waals surface area contributed by atoms with Gasteiger partial charge < -0.3 is 10.2 Å². The molecule has 1 aromatic carbocycles. The summed E-state index contributed by atoms with van der Waals surface area (Å²) in [5.41, 5.74) is 0.166. The number of piperidine rings is 2. The van der Waals surface area contributed by atoms with E-state index in [1.165, 1.54) is 43.9 Å². The number of hydrogen-bond acceptors (Lipinski definition) is 6. The fraction of sp³-hybridized carbons (Fsp3) is 0.542. The maximum atomic E-state index is 14.0. The van der Waals surface area contributed by atoms with Crippen LogP contribution in [0.25, 0.3) is 0 Å². The monoisotopic (exact) mass is 440 g/mol. The molecule has 2 unspecified atom stereocenters. The molecule has 2 aromatic rings.